The number of ether oxygens (including phenoxy) is 2. The van der Waals surface area contributed by atoms with E-state index in [9.17, 15) is 14.7 Å². The van der Waals surface area contributed by atoms with Crippen molar-refractivity contribution in [2.24, 2.45) is 5.10 Å². The van der Waals surface area contributed by atoms with Crippen LogP contribution in [0, 0.1) is 0 Å². The summed E-state index contributed by atoms with van der Waals surface area (Å²) in [4.78, 5) is 23.4. The standard InChI is InChI=1S/C21H22N2O5/c1-27-15-9-7-14(8-10-15)17-13-18(16-5-3-4-6-19(16)28-2)23(22-17)20(24)11-12-21(25)26/h3-10,18H,11-13H2,1-2H3,(H,25,26)/p-1/t18-/m1/s1. The summed E-state index contributed by atoms with van der Waals surface area (Å²) in [5.74, 6) is -0.258. The van der Waals surface area contributed by atoms with Crippen molar-refractivity contribution in [3.8, 4) is 11.5 Å². The maximum absolute atomic E-state index is 12.7. The molecule has 1 amide bonds. The Hall–Kier alpha value is -3.35. The molecule has 0 saturated heterocycles. The van der Waals surface area contributed by atoms with Crippen LogP contribution in [0.1, 0.15) is 36.4 Å². The molecule has 0 saturated carbocycles. The summed E-state index contributed by atoms with van der Waals surface area (Å²) in [6, 6.07) is 14.5. The molecule has 0 aliphatic carbocycles. The van der Waals surface area contributed by atoms with Gasteiger partial charge in [-0.3, -0.25) is 4.79 Å². The number of para-hydroxylation sites is 1. The number of carbonyl (C=O) groups is 2. The summed E-state index contributed by atoms with van der Waals surface area (Å²) < 4.78 is 10.6. The van der Waals surface area contributed by atoms with Gasteiger partial charge in [0.05, 0.1) is 26.0 Å². The van der Waals surface area contributed by atoms with E-state index in [4.69, 9.17) is 9.47 Å². The molecule has 2 aromatic carbocycles. The molecule has 1 aliphatic heterocycles. The topological polar surface area (TPSA) is 91.3 Å². The van der Waals surface area contributed by atoms with Crippen LogP contribution in [0.5, 0.6) is 11.5 Å². The second kappa shape index (κ2) is 8.56. The molecule has 0 unspecified atom stereocenters. The molecule has 1 heterocycles. The zero-order chi connectivity index (χ0) is 20.1. The number of carbonyl (C=O) groups excluding carboxylic acids is 2. The minimum Gasteiger partial charge on any atom is -0.550 e. The van der Waals surface area contributed by atoms with Crippen LogP contribution in [0.25, 0.3) is 0 Å². The van der Waals surface area contributed by atoms with Crippen molar-refractivity contribution < 1.29 is 24.2 Å². The van der Waals surface area contributed by atoms with E-state index < -0.39 is 5.97 Å². The zero-order valence-electron chi connectivity index (χ0n) is 15.8. The second-order valence-corrected chi connectivity index (χ2v) is 6.35. The minimum atomic E-state index is -1.26. The number of hydrazone groups is 1. The second-order valence-electron chi connectivity index (χ2n) is 6.35. The molecule has 0 radical (unpaired) electrons. The molecular formula is C21H21N2O5-. The van der Waals surface area contributed by atoms with Crippen molar-refractivity contribution >= 4 is 17.6 Å². The zero-order valence-corrected chi connectivity index (χ0v) is 15.8. The lowest BCUT2D eigenvalue weighted by molar-refractivity contribution is -0.305. The van der Waals surface area contributed by atoms with E-state index in [2.05, 4.69) is 5.10 Å². The number of carboxylic acid groups (broad SMARTS) is 1. The first-order valence-corrected chi connectivity index (χ1v) is 8.90. The molecule has 146 valence electrons. The highest BCUT2D eigenvalue weighted by molar-refractivity contribution is 6.03. The van der Waals surface area contributed by atoms with Gasteiger partial charge in [-0.25, -0.2) is 5.01 Å². The van der Waals surface area contributed by atoms with Gasteiger partial charge in [-0.2, -0.15) is 5.10 Å². The maximum Gasteiger partial charge on any atom is 0.243 e. The van der Waals surface area contributed by atoms with Gasteiger partial charge < -0.3 is 19.4 Å². The number of nitrogens with zero attached hydrogens (tertiary/aromatic N) is 2. The SMILES string of the molecule is COc1ccc(C2=NN(C(=O)CCC(=O)[O-])[C@@H](c3ccccc3OC)C2)cc1. The summed E-state index contributed by atoms with van der Waals surface area (Å²) in [6.07, 6.45) is -0.0293. The van der Waals surface area contributed by atoms with E-state index in [1.807, 2.05) is 48.5 Å². The van der Waals surface area contributed by atoms with Gasteiger partial charge in [-0.1, -0.05) is 18.2 Å². The van der Waals surface area contributed by atoms with Crippen molar-refractivity contribution in [2.45, 2.75) is 25.3 Å². The number of amides is 1. The number of hydrogen-bond donors (Lipinski definition) is 0. The largest absolute Gasteiger partial charge is 0.550 e. The van der Waals surface area contributed by atoms with E-state index in [1.54, 1.807) is 14.2 Å². The molecule has 0 aromatic heterocycles. The summed E-state index contributed by atoms with van der Waals surface area (Å²) in [6.45, 7) is 0. The number of aliphatic carboxylic acids is 1. The smallest absolute Gasteiger partial charge is 0.243 e. The Kier molecular flexibility index (Phi) is 5.93. The molecule has 0 fully saturated rings. The van der Waals surface area contributed by atoms with Crippen LogP contribution in [-0.4, -0.2) is 36.8 Å². The molecular weight excluding hydrogens is 360 g/mol. The van der Waals surface area contributed by atoms with Gasteiger partial charge in [0, 0.05) is 24.4 Å². The highest BCUT2D eigenvalue weighted by atomic mass is 16.5. The van der Waals surface area contributed by atoms with Gasteiger partial charge in [0.2, 0.25) is 5.91 Å². The number of benzene rings is 2. The maximum atomic E-state index is 12.7. The lowest BCUT2D eigenvalue weighted by Crippen LogP contribution is -2.30. The molecule has 28 heavy (non-hydrogen) atoms. The van der Waals surface area contributed by atoms with Crippen molar-refractivity contribution in [1.82, 2.24) is 5.01 Å². The number of methoxy groups -OCH3 is 2. The third-order valence-corrected chi connectivity index (χ3v) is 4.63. The van der Waals surface area contributed by atoms with Gasteiger partial charge in [0.15, 0.2) is 0 Å². The summed E-state index contributed by atoms with van der Waals surface area (Å²) in [5, 5.41) is 16.6. The molecule has 3 rings (SSSR count). The summed E-state index contributed by atoms with van der Waals surface area (Å²) >= 11 is 0. The van der Waals surface area contributed by atoms with E-state index in [0.717, 1.165) is 22.6 Å². The quantitative estimate of drug-likeness (QED) is 0.731. The Bertz CT molecular complexity index is 892. The highest BCUT2D eigenvalue weighted by Crippen LogP contribution is 2.37. The fourth-order valence-corrected chi connectivity index (χ4v) is 3.21. The third-order valence-electron chi connectivity index (χ3n) is 4.63. The first-order chi connectivity index (χ1) is 13.5. The molecule has 0 bridgehead atoms. The molecule has 2 aromatic rings. The first-order valence-electron chi connectivity index (χ1n) is 8.90. The average Bonchev–Trinajstić information content (AvgIpc) is 3.17. The fourth-order valence-electron chi connectivity index (χ4n) is 3.21. The molecule has 1 atom stereocenters. The lowest BCUT2D eigenvalue weighted by atomic mass is 9.97. The molecule has 7 nitrogen and oxygen atoms in total. The Morgan fingerprint density at radius 2 is 1.79 bits per heavy atom. The van der Waals surface area contributed by atoms with Crippen molar-refractivity contribution in [3.63, 3.8) is 0 Å². The van der Waals surface area contributed by atoms with Gasteiger partial charge in [0.25, 0.3) is 0 Å². The van der Waals surface area contributed by atoms with Gasteiger partial charge >= 0.3 is 0 Å². The monoisotopic (exact) mass is 381 g/mol. The predicted molar refractivity (Wildman–Crippen MR) is 101 cm³/mol. The Morgan fingerprint density at radius 3 is 2.43 bits per heavy atom. The van der Waals surface area contributed by atoms with Crippen LogP contribution < -0.4 is 14.6 Å². The first kappa shape index (κ1) is 19.4. The normalized spacial score (nSPS) is 15.9. The Balaban J connectivity index is 1.93. The van der Waals surface area contributed by atoms with Crippen molar-refractivity contribution in [3.05, 3.63) is 59.7 Å². The third kappa shape index (κ3) is 4.14. The predicted octanol–water partition coefficient (Wildman–Crippen LogP) is 1.91. The molecule has 7 heteroatoms. The van der Waals surface area contributed by atoms with E-state index in [0.29, 0.717) is 12.2 Å². The van der Waals surface area contributed by atoms with Gasteiger partial charge in [0.1, 0.15) is 11.5 Å². The minimum absolute atomic E-state index is 0.173. The fraction of sp³-hybridized carbons (Fsp3) is 0.286. The van der Waals surface area contributed by atoms with E-state index in [-0.39, 0.29) is 24.8 Å². The summed E-state index contributed by atoms with van der Waals surface area (Å²) in [5.41, 5.74) is 2.43. The average molecular weight is 381 g/mol. The Morgan fingerprint density at radius 1 is 1.07 bits per heavy atom. The number of rotatable bonds is 7. The van der Waals surface area contributed by atoms with Crippen LogP contribution in [0.2, 0.25) is 0 Å². The van der Waals surface area contributed by atoms with Crippen molar-refractivity contribution in [1.29, 1.82) is 0 Å². The lowest BCUT2D eigenvalue weighted by Gasteiger charge is -2.23. The van der Waals surface area contributed by atoms with Crippen molar-refractivity contribution in [2.75, 3.05) is 14.2 Å². The van der Waals surface area contributed by atoms with Gasteiger partial charge in [-0.15, -0.1) is 0 Å². The molecule has 0 N–H and O–H groups in total. The van der Waals surface area contributed by atoms with Crippen LogP contribution in [-0.2, 0) is 9.59 Å². The Labute approximate surface area is 163 Å². The number of hydrogen-bond acceptors (Lipinski definition) is 6. The van der Waals surface area contributed by atoms with E-state index in [1.165, 1.54) is 5.01 Å². The molecule has 1 aliphatic rings. The number of carboxylic acids is 1. The van der Waals surface area contributed by atoms with Crippen LogP contribution in [0.15, 0.2) is 53.6 Å². The van der Waals surface area contributed by atoms with Crippen LogP contribution in [0.4, 0.5) is 0 Å². The molecule has 0 spiro atoms. The summed E-state index contributed by atoms with van der Waals surface area (Å²) in [7, 11) is 3.17. The van der Waals surface area contributed by atoms with Crippen LogP contribution >= 0.6 is 0 Å². The van der Waals surface area contributed by atoms with E-state index >= 15 is 0 Å². The highest BCUT2D eigenvalue weighted by Gasteiger charge is 2.34. The van der Waals surface area contributed by atoms with Gasteiger partial charge in [-0.05, 0) is 42.3 Å². The van der Waals surface area contributed by atoms with Crippen LogP contribution in [0.3, 0.4) is 0 Å².